The van der Waals surface area contributed by atoms with Crippen LogP contribution in [0.15, 0.2) is 24.3 Å². The molecule has 1 aromatic carbocycles. The van der Waals surface area contributed by atoms with Gasteiger partial charge in [0.05, 0.1) is 25.3 Å². The fraction of sp³-hybridized carbons (Fsp3) is 0.400. The predicted molar refractivity (Wildman–Crippen MR) is 113 cm³/mol. The predicted octanol–water partition coefficient (Wildman–Crippen LogP) is 4.47. The van der Waals surface area contributed by atoms with Gasteiger partial charge >= 0.3 is 5.97 Å². The molecule has 0 saturated carbocycles. The Morgan fingerprint density at radius 2 is 2.04 bits per heavy atom. The van der Waals surface area contributed by atoms with Crippen molar-refractivity contribution in [1.82, 2.24) is 5.32 Å². The van der Waals surface area contributed by atoms with Gasteiger partial charge in [0.2, 0.25) is 0 Å². The van der Waals surface area contributed by atoms with E-state index in [-0.39, 0.29) is 12.0 Å². The van der Waals surface area contributed by atoms with Gasteiger partial charge in [-0.25, -0.2) is 4.79 Å². The normalized spacial score (nSPS) is 13.6. The number of carbonyl (C=O) groups excluding carboxylic acids is 1. The molecule has 5 nitrogen and oxygen atoms in total. The number of fused-ring (bicyclic) bond motifs is 1. The van der Waals surface area contributed by atoms with Crippen molar-refractivity contribution >= 4 is 39.6 Å². The van der Waals surface area contributed by atoms with Gasteiger partial charge < -0.3 is 20.1 Å². The standard InChI is InChI=1S/C20H24N2O3S2/c1-4-25-14-10-8-13(9-11-14)12(2)21-20(26)22-18-17(19(23)24-3)15-6-5-7-16(15)27-18/h8-12H,4-7H2,1-3H3,(H2,21,22,26). The number of carbonyl (C=O) groups is 1. The first kappa shape index (κ1) is 19.6. The van der Waals surface area contributed by atoms with E-state index < -0.39 is 0 Å². The van der Waals surface area contributed by atoms with Crippen molar-refractivity contribution in [2.75, 3.05) is 19.0 Å². The van der Waals surface area contributed by atoms with Crippen LogP contribution in [0.25, 0.3) is 0 Å². The van der Waals surface area contributed by atoms with E-state index in [1.807, 2.05) is 38.1 Å². The summed E-state index contributed by atoms with van der Waals surface area (Å²) in [5, 5.41) is 7.73. The number of benzene rings is 1. The molecule has 0 spiro atoms. The molecule has 1 aliphatic rings. The number of aryl methyl sites for hydroxylation is 1. The van der Waals surface area contributed by atoms with Gasteiger partial charge in [-0.2, -0.15) is 0 Å². The molecule has 1 atom stereocenters. The van der Waals surface area contributed by atoms with E-state index in [4.69, 9.17) is 21.7 Å². The Bertz CT molecular complexity index is 830. The van der Waals surface area contributed by atoms with Crippen molar-refractivity contribution in [3.8, 4) is 5.75 Å². The quantitative estimate of drug-likeness (QED) is 0.547. The largest absolute Gasteiger partial charge is 0.494 e. The lowest BCUT2D eigenvalue weighted by Gasteiger charge is -2.18. The molecule has 7 heteroatoms. The van der Waals surface area contributed by atoms with Crippen LogP contribution < -0.4 is 15.4 Å². The number of thiophene rings is 1. The van der Waals surface area contributed by atoms with Crippen LogP contribution in [0.3, 0.4) is 0 Å². The van der Waals surface area contributed by atoms with Crippen molar-refractivity contribution in [1.29, 1.82) is 0 Å². The number of hydrogen-bond acceptors (Lipinski definition) is 5. The molecule has 1 unspecified atom stereocenters. The molecular formula is C20H24N2O3S2. The second kappa shape index (κ2) is 8.71. The number of anilines is 1. The van der Waals surface area contributed by atoms with Gasteiger partial charge in [-0.1, -0.05) is 12.1 Å². The zero-order valence-corrected chi connectivity index (χ0v) is 17.4. The summed E-state index contributed by atoms with van der Waals surface area (Å²) < 4.78 is 10.5. The third-order valence-corrected chi connectivity index (χ3v) is 6.00. The Kier molecular flexibility index (Phi) is 6.34. The van der Waals surface area contributed by atoms with Crippen molar-refractivity contribution in [3.05, 3.63) is 45.8 Å². The molecule has 0 amide bonds. The summed E-state index contributed by atoms with van der Waals surface area (Å²) in [4.78, 5) is 13.5. The van der Waals surface area contributed by atoms with Crippen LogP contribution in [-0.4, -0.2) is 24.8 Å². The van der Waals surface area contributed by atoms with Gasteiger partial charge in [-0.3, -0.25) is 0 Å². The van der Waals surface area contributed by atoms with Gasteiger partial charge in [0, 0.05) is 4.88 Å². The SMILES string of the molecule is CCOc1ccc(C(C)NC(=S)Nc2sc3c(c2C(=O)OC)CCC3)cc1. The zero-order chi connectivity index (χ0) is 19.4. The maximum Gasteiger partial charge on any atom is 0.341 e. The molecule has 0 saturated heterocycles. The second-order valence-corrected chi connectivity index (χ2v) is 7.89. The summed E-state index contributed by atoms with van der Waals surface area (Å²) in [6, 6.07) is 7.96. The summed E-state index contributed by atoms with van der Waals surface area (Å²) in [6.45, 7) is 4.65. The van der Waals surface area contributed by atoms with E-state index >= 15 is 0 Å². The van der Waals surface area contributed by atoms with E-state index in [1.54, 1.807) is 11.3 Å². The van der Waals surface area contributed by atoms with E-state index in [0.29, 0.717) is 17.3 Å². The molecule has 1 heterocycles. The highest BCUT2D eigenvalue weighted by molar-refractivity contribution is 7.80. The van der Waals surface area contributed by atoms with Gasteiger partial charge in [-0.15, -0.1) is 11.3 Å². The topological polar surface area (TPSA) is 59.6 Å². The summed E-state index contributed by atoms with van der Waals surface area (Å²) in [5.74, 6) is 0.546. The third kappa shape index (κ3) is 4.42. The van der Waals surface area contributed by atoms with Crippen LogP contribution in [0.1, 0.15) is 52.7 Å². The Morgan fingerprint density at radius 1 is 1.30 bits per heavy atom. The monoisotopic (exact) mass is 404 g/mol. The summed E-state index contributed by atoms with van der Waals surface area (Å²) in [7, 11) is 1.41. The molecule has 27 heavy (non-hydrogen) atoms. The van der Waals surface area contributed by atoms with Crippen molar-refractivity contribution in [2.24, 2.45) is 0 Å². The molecule has 0 bridgehead atoms. The van der Waals surface area contributed by atoms with Gasteiger partial charge in [0.25, 0.3) is 0 Å². The third-order valence-electron chi connectivity index (χ3n) is 4.58. The van der Waals surface area contributed by atoms with Crippen LogP contribution in [0, 0.1) is 0 Å². The molecule has 2 N–H and O–H groups in total. The molecule has 0 fully saturated rings. The minimum atomic E-state index is -0.306. The van der Waals surface area contributed by atoms with Gasteiger partial charge in [-0.05, 0) is 68.6 Å². The molecule has 144 valence electrons. The Balaban J connectivity index is 1.68. The van der Waals surface area contributed by atoms with Crippen molar-refractivity contribution in [3.63, 3.8) is 0 Å². The maximum atomic E-state index is 12.2. The lowest BCUT2D eigenvalue weighted by atomic mass is 10.1. The molecule has 0 aliphatic heterocycles. The maximum absolute atomic E-state index is 12.2. The highest BCUT2D eigenvalue weighted by Gasteiger charge is 2.27. The van der Waals surface area contributed by atoms with E-state index in [9.17, 15) is 4.79 Å². The van der Waals surface area contributed by atoms with Crippen molar-refractivity contribution in [2.45, 2.75) is 39.2 Å². The molecule has 1 aromatic heterocycles. The highest BCUT2D eigenvalue weighted by atomic mass is 32.1. The molecule has 0 radical (unpaired) electrons. The van der Waals surface area contributed by atoms with Crippen LogP contribution in [0.4, 0.5) is 5.00 Å². The Labute approximate surface area is 169 Å². The number of ether oxygens (including phenoxy) is 2. The fourth-order valence-corrected chi connectivity index (χ4v) is 4.87. The van der Waals surface area contributed by atoms with Crippen LogP contribution in [0.5, 0.6) is 5.75 Å². The first-order valence-corrected chi connectivity index (χ1v) is 10.3. The lowest BCUT2D eigenvalue weighted by molar-refractivity contribution is 0.0601. The number of methoxy groups -OCH3 is 1. The number of nitrogens with one attached hydrogen (secondary N) is 2. The molecular weight excluding hydrogens is 380 g/mol. The smallest absolute Gasteiger partial charge is 0.341 e. The van der Waals surface area contributed by atoms with Gasteiger partial charge in [0.1, 0.15) is 10.8 Å². The lowest BCUT2D eigenvalue weighted by Crippen LogP contribution is -2.31. The summed E-state index contributed by atoms with van der Waals surface area (Å²) in [5.41, 5.74) is 2.84. The average Bonchev–Trinajstić information content (AvgIpc) is 3.22. The second-order valence-electron chi connectivity index (χ2n) is 6.38. The molecule has 1 aliphatic carbocycles. The van der Waals surface area contributed by atoms with Crippen molar-refractivity contribution < 1.29 is 14.3 Å². The number of esters is 1. The van der Waals surface area contributed by atoms with Crippen LogP contribution in [0.2, 0.25) is 0 Å². The van der Waals surface area contributed by atoms with Gasteiger partial charge in [0.15, 0.2) is 5.11 Å². The van der Waals surface area contributed by atoms with E-state index in [2.05, 4.69) is 10.6 Å². The van der Waals surface area contributed by atoms with Crippen LogP contribution in [-0.2, 0) is 17.6 Å². The summed E-state index contributed by atoms with van der Waals surface area (Å²) in [6.07, 6.45) is 3.01. The minimum absolute atomic E-state index is 0.0223. The Hall–Kier alpha value is -2.12. The minimum Gasteiger partial charge on any atom is -0.494 e. The number of hydrogen-bond donors (Lipinski definition) is 2. The zero-order valence-electron chi connectivity index (χ0n) is 15.8. The molecule has 3 rings (SSSR count). The first-order valence-electron chi connectivity index (χ1n) is 9.06. The van der Waals surface area contributed by atoms with E-state index in [0.717, 1.165) is 41.1 Å². The van der Waals surface area contributed by atoms with Crippen LogP contribution >= 0.6 is 23.6 Å². The Morgan fingerprint density at radius 3 is 2.70 bits per heavy atom. The fourth-order valence-electron chi connectivity index (χ4n) is 3.25. The number of thiocarbonyl (C=S) groups is 1. The molecule has 2 aromatic rings. The highest BCUT2D eigenvalue weighted by Crippen LogP contribution is 2.39. The summed E-state index contributed by atoms with van der Waals surface area (Å²) >= 11 is 7.07. The van der Waals surface area contributed by atoms with E-state index in [1.165, 1.54) is 12.0 Å². The average molecular weight is 405 g/mol. The number of rotatable bonds is 6. The first-order chi connectivity index (χ1) is 13.0.